The minimum absolute atomic E-state index is 0.469. The van der Waals surface area contributed by atoms with E-state index < -0.39 is 0 Å². The quantitative estimate of drug-likeness (QED) is 0.482. The van der Waals surface area contributed by atoms with E-state index in [2.05, 4.69) is 37.3 Å². The second kappa shape index (κ2) is 4.58. The Labute approximate surface area is 106 Å². The van der Waals surface area contributed by atoms with Gasteiger partial charge >= 0.3 is 0 Å². The summed E-state index contributed by atoms with van der Waals surface area (Å²) >= 11 is 0. The fourth-order valence-electron chi connectivity index (χ4n) is 3.09. The van der Waals surface area contributed by atoms with Crippen LogP contribution in [0.5, 0.6) is 0 Å². The Bertz CT molecular complexity index is 437. The van der Waals surface area contributed by atoms with Crippen molar-refractivity contribution >= 4 is 20.0 Å². The van der Waals surface area contributed by atoms with Crippen LogP contribution < -0.4 is 5.30 Å². The fourth-order valence-corrected chi connectivity index (χ4v) is 4.48. The maximum atomic E-state index is 2.49. The molecule has 1 aromatic rings. The average molecular weight is 243 g/mol. The standard InChI is InChI=1S/C16H20P/c1-16(10-6-2-3-7-11-16)15-12-13-8-4-5-9-14(13)17-15/h4-5,8-9,12H,2-3,6-7,10-11H2,1H3. The van der Waals surface area contributed by atoms with Crippen molar-refractivity contribution < 1.29 is 0 Å². The van der Waals surface area contributed by atoms with Crippen LogP contribution in [0.3, 0.4) is 0 Å². The van der Waals surface area contributed by atoms with Gasteiger partial charge in [0, 0.05) is 0 Å². The lowest BCUT2D eigenvalue weighted by Gasteiger charge is -2.29. The van der Waals surface area contributed by atoms with Crippen molar-refractivity contribution in [3.05, 3.63) is 35.1 Å². The summed E-state index contributed by atoms with van der Waals surface area (Å²) in [5.74, 6) is 0. The molecule has 1 aliphatic heterocycles. The Morgan fingerprint density at radius 3 is 2.41 bits per heavy atom. The summed E-state index contributed by atoms with van der Waals surface area (Å²) in [5, 5.41) is 3.17. The highest BCUT2D eigenvalue weighted by atomic mass is 31.1. The molecule has 3 rings (SSSR count). The van der Waals surface area contributed by atoms with Crippen LogP contribution in [0.4, 0.5) is 0 Å². The second-order valence-corrected chi connectivity index (χ2v) is 6.86. The minimum Gasteiger partial charge on any atom is -0.0616 e. The third-order valence-electron chi connectivity index (χ3n) is 4.30. The van der Waals surface area contributed by atoms with Crippen LogP contribution in [-0.4, -0.2) is 0 Å². The van der Waals surface area contributed by atoms with Crippen molar-refractivity contribution in [2.45, 2.75) is 45.4 Å². The van der Waals surface area contributed by atoms with Crippen LogP contribution in [0.2, 0.25) is 0 Å². The molecule has 1 aromatic carbocycles. The molecule has 0 amide bonds. The SMILES string of the molecule is CC1(C2=Cc3ccccc3[P]2)CCCCCC1. The molecule has 17 heavy (non-hydrogen) atoms. The van der Waals surface area contributed by atoms with Crippen LogP contribution in [0, 0.1) is 5.41 Å². The van der Waals surface area contributed by atoms with Crippen LogP contribution in [0.1, 0.15) is 51.0 Å². The molecule has 0 nitrogen and oxygen atoms in total. The van der Waals surface area contributed by atoms with Crippen molar-refractivity contribution in [1.82, 2.24) is 0 Å². The molecule has 1 saturated carbocycles. The van der Waals surface area contributed by atoms with Crippen molar-refractivity contribution in [3.8, 4) is 0 Å². The van der Waals surface area contributed by atoms with Crippen LogP contribution in [0.15, 0.2) is 29.6 Å². The fraction of sp³-hybridized carbons (Fsp3) is 0.500. The molecule has 0 unspecified atom stereocenters. The average Bonchev–Trinajstić information content (AvgIpc) is 2.66. The van der Waals surface area contributed by atoms with Gasteiger partial charge in [0.2, 0.25) is 0 Å². The van der Waals surface area contributed by atoms with Crippen LogP contribution in [0.25, 0.3) is 6.08 Å². The zero-order chi connectivity index (χ0) is 11.7. The highest BCUT2D eigenvalue weighted by Gasteiger charge is 2.32. The van der Waals surface area contributed by atoms with E-state index in [0.29, 0.717) is 5.41 Å². The van der Waals surface area contributed by atoms with E-state index in [1.807, 2.05) is 0 Å². The van der Waals surface area contributed by atoms with E-state index in [0.717, 1.165) is 0 Å². The molecule has 0 saturated heterocycles. The molecule has 0 bridgehead atoms. The molecule has 89 valence electrons. The molecule has 1 heteroatoms. The maximum absolute atomic E-state index is 2.49. The van der Waals surface area contributed by atoms with E-state index in [1.54, 1.807) is 5.31 Å². The smallest absolute Gasteiger partial charge is 0.00639 e. The number of hydrogen-bond donors (Lipinski definition) is 0. The number of rotatable bonds is 1. The van der Waals surface area contributed by atoms with Gasteiger partial charge < -0.3 is 0 Å². The number of allylic oxidation sites excluding steroid dienone is 1. The maximum Gasteiger partial charge on any atom is -0.00639 e. The highest BCUT2D eigenvalue weighted by Crippen LogP contribution is 2.51. The molecule has 2 aliphatic rings. The Morgan fingerprint density at radius 2 is 1.71 bits per heavy atom. The Morgan fingerprint density at radius 1 is 1.00 bits per heavy atom. The summed E-state index contributed by atoms with van der Waals surface area (Å²) in [7, 11) is 1.47. The number of hydrogen-bond acceptors (Lipinski definition) is 0. The van der Waals surface area contributed by atoms with Crippen molar-refractivity contribution in [2.75, 3.05) is 0 Å². The topological polar surface area (TPSA) is 0 Å². The van der Waals surface area contributed by atoms with Gasteiger partial charge in [0.1, 0.15) is 0 Å². The lowest BCUT2D eigenvalue weighted by atomic mass is 9.81. The molecule has 1 heterocycles. The highest BCUT2D eigenvalue weighted by molar-refractivity contribution is 7.53. The lowest BCUT2D eigenvalue weighted by molar-refractivity contribution is 0.362. The molecular weight excluding hydrogens is 223 g/mol. The molecule has 0 N–H and O–H groups in total. The number of benzene rings is 1. The molecule has 1 radical (unpaired) electrons. The van der Waals surface area contributed by atoms with Gasteiger partial charge in [-0.2, -0.15) is 0 Å². The Hall–Kier alpha value is -0.610. The lowest BCUT2D eigenvalue weighted by Crippen LogP contribution is -2.15. The summed E-state index contributed by atoms with van der Waals surface area (Å²) in [5.41, 5.74) is 1.92. The largest absolute Gasteiger partial charge is 0.0616 e. The minimum atomic E-state index is 0.469. The normalized spacial score (nSPS) is 24.2. The number of fused-ring (bicyclic) bond motifs is 1. The molecule has 0 aromatic heterocycles. The van der Waals surface area contributed by atoms with Gasteiger partial charge in [-0.15, -0.1) is 0 Å². The predicted octanol–water partition coefficient (Wildman–Crippen LogP) is 4.97. The van der Waals surface area contributed by atoms with E-state index in [9.17, 15) is 0 Å². The van der Waals surface area contributed by atoms with Crippen LogP contribution >= 0.6 is 8.58 Å². The van der Waals surface area contributed by atoms with Gasteiger partial charge in [-0.05, 0) is 49.1 Å². The van der Waals surface area contributed by atoms with Gasteiger partial charge in [-0.25, -0.2) is 0 Å². The van der Waals surface area contributed by atoms with Gasteiger partial charge in [0.15, 0.2) is 0 Å². The molecule has 1 fully saturated rings. The first-order valence-corrected chi connectivity index (χ1v) is 7.70. The first kappa shape index (κ1) is 11.5. The molecular formula is C16H20P. The van der Waals surface area contributed by atoms with E-state index in [-0.39, 0.29) is 0 Å². The Balaban J connectivity index is 1.87. The summed E-state index contributed by atoms with van der Waals surface area (Å²) in [6, 6.07) is 8.86. The van der Waals surface area contributed by atoms with E-state index >= 15 is 0 Å². The Kier molecular flexibility index (Phi) is 3.09. The van der Waals surface area contributed by atoms with Gasteiger partial charge in [-0.1, -0.05) is 56.9 Å². The monoisotopic (exact) mass is 243 g/mol. The first-order valence-electron chi connectivity index (χ1n) is 6.81. The van der Waals surface area contributed by atoms with Crippen molar-refractivity contribution in [1.29, 1.82) is 0 Å². The van der Waals surface area contributed by atoms with E-state index in [4.69, 9.17) is 0 Å². The molecule has 1 aliphatic carbocycles. The van der Waals surface area contributed by atoms with E-state index in [1.165, 1.54) is 58.0 Å². The van der Waals surface area contributed by atoms with Gasteiger partial charge in [-0.3, -0.25) is 0 Å². The second-order valence-electron chi connectivity index (χ2n) is 5.68. The zero-order valence-electron chi connectivity index (χ0n) is 10.6. The molecule has 0 atom stereocenters. The predicted molar refractivity (Wildman–Crippen MR) is 76.8 cm³/mol. The zero-order valence-corrected chi connectivity index (χ0v) is 11.5. The van der Waals surface area contributed by atoms with Gasteiger partial charge in [0.05, 0.1) is 0 Å². The first-order chi connectivity index (χ1) is 8.28. The summed E-state index contributed by atoms with van der Waals surface area (Å²) < 4.78 is 0. The third-order valence-corrected chi connectivity index (χ3v) is 5.85. The molecule has 0 spiro atoms. The summed E-state index contributed by atoms with van der Waals surface area (Å²) in [4.78, 5) is 0. The summed E-state index contributed by atoms with van der Waals surface area (Å²) in [6.45, 7) is 2.49. The van der Waals surface area contributed by atoms with Crippen LogP contribution in [-0.2, 0) is 0 Å². The van der Waals surface area contributed by atoms with Crippen molar-refractivity contribution in [3.63, 3.8) is 0 Å². The van der Waals surface area contributed by atoms with Gasteiger partial charge in [0.25, 0.3) is 0 Å². The van der Waals surface area contributed by atoms with Crippen molar-refractivity contribution in [2.24, 2.45) is 5.41 Å². The summed E-state index contributed by atoms with van der Waals surface area (Å²) in [6.07, 6.45) is 10.9. The third kappa shape index (κ3) is 2.20.